The molecular formula is C17H27NO. The van der Waals surface area contributed by atoms with Crippen molar-refractivity contribution in [2.24, 2.45) is 0 Å². The molecule has 0 aliphatic heterocycles. The maximum atomic E-state index is 5.48. The van der Waals surface area contributed by atoms with E-state index in [-0.39, 0.29) is 0 Å². The Morgan fingerprint density at radius 3 is 2.79 bits per heavy atom. The number of ether oxygens (including phenoxy) is 1. The highest BCUT2D eigenvalue weighted by molar-refractivity contribution is 5.18. The maximum Gasteiger partial charge on any atom is 0.0586 e. The van der Waals surface area contributed by atoms with Crippen molar-refractivity contribution in [3.05, 3.63) is 35.9 Å². The number of hydrogen-bond acceptors (Lipinski definition) is 2. The van der Waals surface area contributed by atoms with Crippen LogP contribution >= 0.6 is 0 Å². The molecule has 0 spiro atoms. The molecule has 2 heteroatoms. The van der Waals surface area contributed by atoms with Gasteiger partial charge in [0.25, 0.3) is 0 Å². The van der Waals surface area contributed by atoms with Crippen molar-refractivity contribution in [1.29, 1.82) is 0 Å². The highest BCUT2D eigenvalue weighted by atomic mass is 16.5. The molecule has 1 aliphatic rings. The van der Waals surface area contributed by atoms with E-state index >= 15 is 0 Å². The quantitative estimate of drug-likeness (QED) is 0.842. The molecular weight excluding hydrogens is 234 g/mol. The Bertz CT molecular complexity index is 352. The van der Waals surface area contributed by atoms with Gasteiger partial charge in [0.05, 0.1) is 6.10 Å². The molecule has 0 saturated heterocycles. The molecule has 19 heavy (non-hydrogen) atoms. The van der Waals surface area contributed by atoms with Crippen LogP contribution in [0.5, 0.6) is 0 Å². The van der Waals surface area contributed by atoms with Gasteiger partial charge in [-0.3, -0.25) is 0 Å². The lowest BCUT2D eigenvalue weighted by Gasteiger charge is -2.29. The second-order valence-corrected chi connectivity index (χ2v) is 5.78. The van der Waals surface area contributed by atoms with Gasteiger partial charge in [0.1, 0.15) is 0 Å². The Hall–Kier alpha value is -0.860. The molecule has 1 fully saturated rings. The van der Waals surface area contributed by atoms with Crippen LogP contribution < -0.4 is 5.32 Å². The molecule has 0 aromatic heterocycles. The molecule has 3 atom stereocenters. The van der Waals surface area contributed by atoms with E-state index in [0.29, 0.717) is 18.1 Å². The van der Waals surface area contributed by atoms with E-state index in [4.69, 9.17) is 4.74 Å². The molecule has 1 aromatic rings. The van der Waals surface area contributed by atoms with Crippen LogP contribution in [0.3, 0.4) is 0 Å². The standard InChI is InChI=1S/C17H27NO/c1-14(15-7-4-3-5-8-15)11-12-18-16-9-6-10-17(13-16)19-2/h3-5,7-8,14,16-18H,6,9-13H2,1-2H3. The fraction of sp³-hybridized carbons (Fsp3) is 0.647. The zero-order chi connectivity index (χ0) is 13.5. The summed E-state index contributed by atoms with van der Waals surface area (Å²) in [7, 11) is 1.84. The van der Waals surface area contributed by atoms with Gasteiger partial charge in [-0.2, -0.15) is 0 Å². The Morgan fingerprint density at radius 1 is 1.26 bits per heavy atom. The number of methoxy groups -OCH3 is 1. The predicted molar refractivity (Wildman–Crippen MR) is 80.5 cm³/mol. The largest absolute Gasteiger partial charge is 0.381 e. The lowest BCUT2D eigenvalue weighted by molar-refractivity contribution is 0.0588. The Labute approximate surface area is 117 Å². The van der Waals surface area contributed by atoms with Gasteiger partial charge in [-0.15, -0.1) is 0 Å². The van der Waals surface area contributed by atoms with Crippen molar-refractivity contribution in [1.82, 2.24) is 5.32 Å². The first-order valence-corrected chi connectivity index (χ1v) is 7.60. The Balaban J connectivity index is 1.69. The molecule has 106 valence electrons. The van der Waals surface area contributed by atoms with E-state index in [2.05, 4.69) is 42.6 Å². The van der Waals surface area contributed by atoms with E-state index in [1.54, 1.807) is 0 Å². The first-order chi connectivity index (χ1) is 9.29. The van der Waals surface area contributed by atoms with Crippen molar-refractivity contribution in [2.75, 3.05) is 13.7 Å². The van der Waals surface area contributed by atoms with Gasteiger partial charge >= 0.3 is 0 Å². The molecule has 0 radical (unpaired) electrons. The summed E-state index contributed by atoms with van der Waals surface area (Å²) in [4.78, 5) is 0. The smallest absolute Gasteiger partial charge is 0.0586 e. The molecule has 1 aromatic carbocycles. The van der Waals surface area contributed by atoms with E-state index in [1.165, 1.54) is 37.7 Å². The molecule has 3 unspecified atom stereocenters. The Morgan fingerprint density at radius 2 is 2.05 bits per heavy atom. The second-order valence-electron chi connectivity index (χ2n) is 5.78. The lowest BCUT2D eigenvalue weighted by atomic mass is 9.92. The minimum absolute atomic E-state index is 0.470. The Kier molecular flexibility index (Phi) is 5.87. The third kappa shape index (κ3) is 4.63. The summed E-state index contributed by atoms with van der Waals surface area (Å²) in [5.74, 6) is 0.635. The van der Waals surface area contributed by atoms with Crippen LogP contribution in [-0.4, -0.2) is 25.8 Å². The minimum atomic E-state index is 0.470. The summed E-state index contributed by atoms with van der Waals surface area (Å²) < 4.78 is 5.48. The fourth-order valence-electron chi connectivity index (χ4n) is 3.00. The number of rotatable bonds is 6. The summed E-state index contributed by atoms with van der Waals surface area (Å²) >= 11 is 0. The third-order valence-corrected chi connectivity index (χ3v) is 4.34. The fourth-order valence-corrected chi connectivity index (χ4v) is 3.00. The normalized spacial score (nSPS) is 25.2. The monoisotopic (exact) mass is 261 g/mol. The predicted octanol–water partition coefficient (Wildman–Crippen LogP) is 3.73. The molecule has 0 heterocycles. The zero-order valence-corrected chi connectivity index (χ0v) is 12.3. The number of benzene rings is 1. The topological polar surface area (TPSA) is 21.3 Å². The first-order valence-electron chi connectivity index (χ1n) is 7.60. The van der Waals surface area contributed by atoms with Crippen molar-refractivity contribution in [2.45, 2.75) is 57.1 Å². The van der Waals surface area contributed by atoms with Gasteiger partial charge in [-0.25, -0.2) is 0 Å². The van der Waals surface area contributed by atoms with Gasteiger partial charge < -0.3 is 10.1 Å². The first kappa shape index (κ1) is 14.5. The average molecular weight is 261 g/mol. The molecule has 0 bridgehead atoms. The molecule has 1 saturated carbocycles. The van der Waals surface area contributed by atoms with Crippen LogP contribution in [0.1, 0.15) is 50.5 Å². The maximum absolute atomic E-state index is 5.48. The van der Waals surface area contributed by atoms with E-state index in [1.807, 2.05) is 7.11 Å². The highest BCUT2D eigenvalue weighted by Crippen LogP contribution is 2.22. The van der Waals surface area contributed by atoms with Crippen LogP contribution in [0.2, 0.25) is 0 Å². The van der Waals surface area contributed by atoms with Gasteiger partial charge in [-0.1, -0.05) is 37.3 Å². The molecule has 1 N–H and O–H groups in total. The van der Waals surface area contributed by atoms with Crippen LogP contribution in [0.15, 0.2) is 30.3 Å². The van der Waals surface area contributed by atoms with Gasteiger partial charge in [0.2, 0.25) is 0 Å². The molecule has 2 rings (SSSR count). The molecule has 1 aliphatic carbocycles. The van der Waals surface area contributed by atoms with Crippen LogP contribution in [0.25, 0.3) is 0 Å². The van der Waals surface area contributed by atoms with Crippen molar-refractivity contribution in [3.8, 4) is 0 Å². The van der Waals surface area contributed by atoms with E-state index in [0.717, 1.165) is 6.54 Å². The van der Waals surface area contributed by atoms with E-state index < -0.39 is 0 Å². The van der Waals surface area contributed by atoms with Crippen LogP contribution in [0, 0.1) is 0 Å². The van der Waals surface area contributed by atoms with E-state index in [9.17, 15) is 0 Å². The number of hydrogen-bond donors (Lipinski definition) is 1. The summed E-state index contributed by atoms with van der Waals surface area (Å²) in [6, 6.07) is 11.5. The summed E-state index contributed by atoms with van der Waals surface area (Å²) in [6.45, 7) is 3.42. The lowest BCUT2D eigenvalue weighted by Crippen LogP contribution is -2.37. The highest BCUT2D eigenvalue weighted by Gasteiger charge is 2.21. The minimum Gasteiger partial charge on any atom is -0.381 e. The summed E-state index contributed by atoms with van der Waals surface area (Å²) in [5.41, 5.74) is 1.45. The van der Waals surface area contributed by atoms with Crippen molar-refractivity contribution in [3.63, 3.8) is 0 Å². The van der Waals surface area contributed by atoms with Gasteiger partial charge in [-0.05, 0) is 50.1 Å². The summed E-state index contributed by atoms with van der Waals surface area (Å²) in [5, 5.41) is 3.71. The molecule has 2 nitrogen and oxygen atoms in total. The van der Waals surface area contributed by atoms with Crippen LogP contribution in [0.4, 0.5) is 0 Å². The van der Waals surface area contributed by atoms with Crippen molar-refractivity contribution < 1.29 is 4.74 Å². The summed E-state index contributed by atoms with van der Waals surface area (Å²) in [6.07, 6.45) is 6.69. The molecule has 0 amide bonds. The number of nitrogens with one attached hydrogen (secondary N) is 1. The third-order valence-electron chi connectivity index (χ3n) is 4.34. The van der Waals surface area contributed by atoms with Crippen molar-refractivity contribution >= 4 is 0 Å². The van der Waals surface area contributed by atoms with Crippen LogP contribution in [-0.2, 0) is 4.74 Å². The SMILES string of the molecule is COC1CCCC(NCCC(C)c2ccccc2)C1. The van der Waals surface area contributed by atoms with Gasteiger partial charge in [0, 0.05) is 13.2 Å². The average Bonchev–Trinajstić information content (AvgIpc) is 2.48. The second kappa shape index (κ2) is 7.66. The van der Waals surface area contributed by atoms with Gasteiger partial charge in [0.15, 0.2) is 0 Å². The zero-order valence-electron chi connectivity index (χ0n) is 12.3.